The molecule has 1 unspecified atom stereocenters. The average molecular weight is 418 g/mol. The number of carbonyl (C=O) groups excluding carboxylic acids is 2. The van der Waals surface area contributed by atoms with Gasteiger partial charge in [0.15, 0.2) is 0 Å². The van der Waals surface area contributed by atoms with Gasteiger partial charge in [0, 0.05) is 36.9 Å². The standard InChI is InChI=1S/C21H27N3O2S2/c22-17-5-4-15-10-14(11-16(15)12-17)2-1-3-19(25)18-6-7-24(27)20(18)21(26)23-8-9-28-13-23/h4-5,11-12,18,20,27H,1-3,6-10,13,22H2/t18?,20-/m1/s1. The number of thioether (sulfide) groups is 1. The predicted octanol–water partition coefficient (Wildman–Crippen LogP) is 3.02. The minimum Gasteiger partial charge on any atom is -0.399 e. The summed E-state index contributed by atoms with van der Waals surface area (Å²) >= 11 is 6.25. The molecule has 1 aromatic carbocycles. The third-order valence-electron chi connectivity index (χ3n) is 5.97. The van der Waals surface area contributed by atoms with Gasteiger partial charge in [-0.25, -0.2) is 4.31 Å². The largest absolute Gasteiger partial charge is 0.399 e. The lowest BCUT2D eigenvalue weighted by Gasteiger charge is -2.27. The van der Waals surface area contributed by atoms with Gasteiger partial charge in [-0.15, -0.1) is 11.8 Å². The lowest BCUT2D eigenvalue weighted by molar-refractivity contribution is -0.137. The number of amides is 1. The number of ketones is 1. The smallest absolute Gasteiger partial charge is 0.242 e. The second-order valence-electron chi connectivity index (χ2n) is 7.90. The summed E-state index contributed by atoms with van der Waals surface area (Å²) in [5.41, 5.74) is 10.5. The van der Waals surface area contributed by atoms with Gasteiger partial charge in [-0.2, -0.15) is 0 Å². The minimum atomic E-state index is -0.396. The molecule has 4 rings (SSSR count). The first kappa shape index (κ1) is 19.9. The van der Waals surface area contributed by atoms with Crippen LogP contribution in [-0.2, 0) is 16.0 Å². The topological polar surface area (TPSA) is 66.6 Å². The number of hydrogen-bond acceptors (Lipinski definition) is 6. The zero-order valence-corrected chi connectivity index (χ0v) is 17.7. The lowest BCUT2D eigenvalue weighted by atomic mass is 9.91. The Bertz CT molecular complexity index is 805. The van der Waals surface area contributed by atoms with E-state index in [1.54, 1.807) is 16.1 Å². The number of thiol groups is 1. The number of benzene rings is 1. The minimum absolute atomic E-state index is 0.0717. The molecule has 0 bridgehead atoms. The van der Waals surface area contributed by atoms with E-state index in [1.165, 1.54) is 16.7 Å². The van der Waals surface area contributed by atoms with Gasteiger partial charge in [0.2, 0.25) is 5.91 Å². The SMILES string of the molecule is Nc1ccc2c(c1)C=C(CCCC(=O)C1CCN(S)[C@H]1C(=O)N1CCSC1)C2. The first-order valence-electron chi connectivity index (χ1n) is 9.95. The molecular weight excluding hydrogens is 390 g/mol. The Labute approximate surface area is 176 Å². The van der Waals surface area contributed by atoms with Gasteiger partial charge in [0.1, 0.15) is 11.8 Å². The van der Waals surface area contributed by atoms with Gasteiger partial charge >= 0.3 is 0 Å². The number of fused-ring (bicyclic) bond motifs is 1. The van der Waals surface area contributed by atoms with E-state index in [4.69, 9.17) is 5.73 Å². The monoisotopic (exact) mass is 417 g/mol. The van der Waals surface area contributed by atoms with Crippen molar-refractivity contribution in [2.45, 2.75) is 38.1 Å². The summed E-state index contributed by atoms with van der Waals surface area (Å²) in [6.07, 6.45) is 6.16. The van der Waals surface area contributed by atoms with Crippen LogP contribution >= 0.6 is 24.6 Å². The highest BCUT2D eigenvalue weighted by molar-refractivity contribution is 7.99. The number of nitrogens with two attached hydrogens (primary N) is 1. The Kier molecular flexibility index (Phi) is 6.04. The van der Waals surface area contributed by atoms with E-state index < -0.39 is 6.04 Å². The number of carbonyl (C=O) groups is 2. The molecule has 2 heterocycles. The van der Waals surface area contributed by atoms with E-state index in [0.717, 1.165) is 49.5 Å². The van der Waals surface area contributed by atoms with Crippen molar-refractivity contribution in [3.05, 3.63) is 34.9 Å². The van der Waals surface area contributed by atoms with Crippen molar-refractivity contribution in [2.24, 2.45) is 5.92 Å². The number of rotatable bonds is 6. The summed E-state index contributed by atoms with van der Waals surface area (Å²) in [5, 5.41) is 0. The Morgan fingerprint density at radius 2 is 2.14 bits per heavy atom. The van der Waals surface area contributed by atoms with Crippen LogP contribution in [0.15, 0.2) is 23.8 Å². The summed E-state index contributed by atoms with van der Waals surface area (Å²) in [7, 11) is 0. The molecular formula is C21H27N3O2S2. The molecule has 0 aromatic heterocycles. The summed E-state index contributed by atoms with van der Waals surface area (Å²) < 4.78 is 1.77. The maximum atomic E-state index is 12.9. The van der Waals surface area contributed by atoms with Gasteiger partial charge in [0.25, 0.3) is 0 Å². The van der Waals surface area contributed by atoms with Crippen LogP contribution in [0.1, 0.15) is 36.8 Å². The molecule has 0 radical (unpaired) electrons. The first-order valence-corrected chi connectivity index (χ1v) is 11.5. The fraction of sp³-hybridized carbons (Fsp3) is 0.524. The molecule has 150 valence electrons. The molecule has 1 amide bonds. The van der Waals surface area contributed by atoms with E-state index in [-0.39, 0.29) is 17.6 Å². The fourth-order valence-corrected chi connectivity index (χ4v) is 5.78. The van der Waals surface area contributed by atoms with Crippen molar-refractivity contribution in [1.29, 1.82) is 0 Å². The van der Waals surface area contributed by atoms with Gasteiger partial charge in [-0.1, -0.05) is 30.5 Å². The predicted molar refractivity (Wildman–Crippen MR) is 118 cm³/mol. The maximum Gasteiger partial charge on any atom is 0.242 e. The zero-order valence-electron chi connectivity index (χ0n) is 16.0. The van der Waals surface area contributed by atoms with Crippen LogP contribution in [0.4, 0.5) is 5.69 Å². The van der Waals surface area contributed by atoms with E-state index in [9.17, 15) is 9.59 Å². The molecule has 7 heteroatoms. The second kappa shape index (κ2) is 8.51. The molecule has 1 aromatic rings. The van der Waals surface area contributed by atoms with Crippen molar-refractivity contribution < 1.29 is 9.59 Å². The average Bonchev–Trinajstić information content (AvgIpc) is 3.40. The second-order valence-corrected chi connectivity index (χ2v) is 9.49. The number of hydrogen-bond donors (Lipinski definition) is 2. The molecule has 2 saturated heterocycles. The third-order valence-corrected chi connectivity index (χ3v) is 7.38. The molecule has 3 aliphatic rings. The number of anilines is 1. The molecule has 28 heavy (non-hydrogen) atoms. The van der Waals surface area contributed by atoms with Gasteiger partial charge in [0.05, 0.1) is 5.88 Å². The molecule has 0 spiro atoms. The highest BCUT2D eigenvalue weighted by atomic mass is 32.2. The summed E-state index contributed by atoms with van der Waals surface area (Å²) in [5.74, 6) is 1.78. The summed E-state index contributed by atoms with van der Waals surface area (Å²) in [6, 6.07) is 5.65. The van der Waals surface area contributed by atoms with Crippen molar-refractivity contribution in [3.8, 4) is 0 Å². The van der Waals surface area contributed by atoms with Gasteiger partial charge < -0.3 is 10.6 Å². The quantitative estimate of drug-likeness (QED) is 0.550. The molecule has 5 nitrogen and oxygen atoms in total. The van der Waals surface area contributed by atoms with E-state index in [1.807, 2.05) is 17.0 Å². The fourth-order valence-electron chi connectivity index (χ4n) is 4.45. The van der Waals surface area contributed by atoms with Crippen molar-refractivity contribution >= 4 is 48.0 Å². The van der Waals surface area contributed by atoms with Crippen LogP contribution in [0.5, 0.6) is 0 Å². The summed E-state index contributed by atoms with van der Waals surface area (Å²) in [4.78, 5) is 27.6. The van der Waals surface area contributed by atoms with Crippen molar-refractivity contribution in [2.75, 3.05) is 30.5 Å². The highest BCUT2D eigenvalue weighted by Crippen LogP contribution is 2.32. The first-order chi connectivity index (χ1) is 13.5. The molecule has 0 saturated carbocycles. The van der Waals surface area contributed by atoms with E-state index in [2.05, 4.69) is 25.0 Å². The van der Waals surface area contributed by atoms with Crippen LogP contribution in [0, 0.1) is 5.92 Å². The summed E-state index contributed by atoms with van der Waals surface area (Å²) in [6.45, 7) is 1.47. The Morgan fingerprint density at radius 1 is 1.29 bits per heavy atom. The molecule has 2 atom stereocenters. The molecule has 1 aliphatic carbocycles. The van der Waals surface area contributed by atoms with Crippen LogP contribution in [-0.4, -0.2) is 51.7 Å². The number of nitrogen functional groups attached to an aromatic ring is 1. The number of allylic oxidation sites excluding steroid dienone is 1. The van der Waals surface area contributed by atoms with Crippen molar-refractivity contribution in [1.82, 2.24) is 9.21 Å². The zero-order chi connectivity index (χ0) is 19.7. The van der Waals surface area contributed by atoms with Crippen LogP contribution in [0.25, 0.3) is 6.08 Å². The van der Waals surface area contributed by atoms with Crippen LogP contribution in [0.3, 0.4) is 0 Å². The molecule has 2 fully saturated rings. The van der Waals surface area contributed by atoms with Gasteiger partial charge in [-0.3, -0.25) is 9.59 Å². The normalized spacial score (nSPS) is 24.5. The van der Waals surface area contributed by atoms with Gasteiger partial charge in [-0.05, 0) is 48.9 Å². The Hall–Kier alpha value is -1.44. The molecule has 2 N–H and O–H groups in total. The maximum absolute atomic E-state index is 12.9. The van der Waals surface area contributed by atoms with E-state index >= 15 is 0 Å². The van der Waals surface area contributed by atoms with E-state index in [0.29, 0.717) is 13.0 Å². The Balaban J connectivity index is 1.31. The van der Waals surface area contributed by atoms with Crippen LogP contribution in [0.2, 0.25) is 0 Å². The number of Topliss-reactive ketones (excluding diaryl/α,β-unsaturated/α-hetero) is 1. The Morgan fingerprint density at radius 3 is 2.93 bits per heavy atom. The lowest BCUT2D eigenvalue weighted by Crippen LogP contribution is -2.46. The molecule has 2 aliphatic heterocycles. The number of nitrogens with zero attached hydrogens (tertiary/aromatic N) is 2. The highest BCUT2D eigenvalue weighted by Gasteiger charge is 2.43. The van der Waals surface area contributed by atoms with Crippen LogP contribution < -0.4 is 5.73 Å². The third kappa shape index (κ3) is 4.11. The van der Waals surface area contributed by atoms with Crippen molar-refractivity contribution in [3.63, 3.8) is 0 Å².